The highest BCUT2D eigenvalue weighted by Crippen LogP contribution is 2.36. The second-order valence-electron chi connectivity index (χ2n) is 4.88. The molecule has 1 unspecified atom stereocenters. The smallest absolute Gasteiger partial charge is 0.0387 e. The van der Waals surface area contributed by atoms with E-state index in [9.17, 15) is 0 Å². The molecular weight excluding hydrogens is 180 g/mol. The third kappa shape index (κ3) is 3.16. The van der Waals surface area contributed by atoms with Gasteiger partial charge in [-0.25, -0.2) is 0 Å². The molecule has 0 radical (unpaired) electrons. The highest BCUT2D eigenvalue weighted by atomic mass is 35.5. The minimum absolute atomic E-state index is 0.415. The molecule has 1 aliphatic carbocycles. The van der Waals surface area contributed by atoms with Crippen LogP contribution < -0.4 is 0 Å². The number of rotatable bonds is 3. The first-order valence-electron chi connectivity index (χ1n) is 5.79. The highest BCUT2D eigenvalue weighted by molar-refractivity contribution is 6.20. The summed E-state index contributed by atoms with van der Waals surface area (Å²) in [7, 11) is 0. The molecule has 0 bridgehead atoms. The largest absolute Gasteiger partial charge is 0.122 e. The first-order chi connectivity index (χ1) is 6.15. The van der Waals surface area contributed by atoms with E-state index >= 15 is 0 Å². The second kappa shape index (κ2) is 5.24. The molecule has 1 aliphatic rings. The summed E-state index contributed by atoms with van der Waals surface area (Å²) in [6.07, 6.45) is 6.92. The summed E-state index contributed by atoms with van der Waals surface area (Å²) in [6, 6.07) is 0. The van der Waals surface area contributed by atoms with Gasteiger partial charge in [0, 0.05) is 5.38 Å². The van der Waals surface area contributed by atoms with Crippen LogP contribution in [-0.2, 0) is 0 Å². The Balaban J connectivity index is 2.32. The van der Waals surface area contributed by atoms with E-state index in [2.05, 4.69) is 20.8 Å². The molecule has 0 spiro atoms. The Labute approximate surface area is 88.1 Å². The van der Waals surface area contributed by atoms with Crippen molar-refractivity contribution in [3.05, 3.63) is 0 Å². The lowest BCUT2D eigenvalue weighted by molar-refractivity contribution is 0.245. The minimum Gasteiger partial charge on any atom is -0.122 e. The Morgan fingerprint density at radius 1 is 1.15 bits per heavy atom. The van der Waals surface area contributed by atoms with Crippen LogP contribution in [-0.4, -0.2) is 5.38 Å². The van der Waals surface area contributed by atoms with E-state index in [4.69, 9.17) is 11.6 Å². The number of alkyl halides is 1. The molecule has 1 atom stereocenters. The molecule has 0 nitrogen and oxygen atoms in total. The van der Waals surface area contributed by atoms with E-state index in [1.165, 1.54) is 32.1 Å². The first-order valence-corrected chi connectivity index (χ1v) is 6.22. The molecular formula is C12H23Cl. The first kappa shape index (κ1) is 11.4. The summed E-state index contributed by atoms with van der Waals surface area (Å²) < 4.78 is 0. The van der Waals surface area contributed by atoms with E-state index in [1.807, 2.05) is 0 Å². The van der Waals surface area contributed by atoms with Crippen LogP contribution in [0.2, 0.25) is 0 Å². The van der Waals surface area contributed by atoms with Crippen LogP contribution in [0, 0.1) is 17.8 Å². The molecule has 0 aromatic rings. The van der Waals surface area contributed by atoms with Crippen molar-refractivity contribution in [1.29, 1.82) is 0 Å². The predicted octanol–water partition coefficient (Wildman–Crippen LogP) is 4.47. The van der Waals surface area contributed by atoms with Gasteiger partial charge in [0.1, 0.15) is 0 Å². The van der Waals surface area contributed by atoms with Crippen LogP contribution in [0.5, 0.6) is 0 Å². The lowest BCUT2D eigenvalue weighted by Gasteiger charge is -2.32. The summed E-state index contributed by atoms with van der Waals surface area (Å²) in [5, 5.41) is 0.415. The van der Waals surface area contributed by atoms with Crippen LogP contribution in [0.1, 0.15) is 52.9 Å². The van der Waals surface area contributed by atoms with Gasteiger partial charge >= 0.3 is 0 Å². The summed E-state index contributed by atoms with van der Waals surface area (Å²) in [5.41, 5.74) is 0. The highest BCUT2D eigenvalue weighted by Gasteiger charge is 2.27. The van der Waals surface area contributed by atoms with E-state index in [-0.39, 0.29) is 0 Å². The summed E-state index contributed by atoms with van der Waals surface area (Å²) >= 11 is 6.39. The van der Waals surface area contributed by atoms with Gasteiger partial charge in [0.2, 0.25) is 0 Å². The predicted molar refractivity (Wildman–Crippen MR) is 60.2 cm³/mol. The molecule has 1 rings (SSSR count). The fourth-order valence-electron chi connectivity index (χ4n) is 2.46. The van der Waals surface area contributed by atoms with E-state index < -0.39 is 0 Å². The van der Waals surface area contributed by atoms with Gasteiger partial charge < -0.3 is 0 Å². The average Bonchev–Trinajstić information content (AvgIpc) is 2.17. The molecule has 1 fully saturated rings. The van der Waals surface area contributed by atoms with Gasteiger partial charge in [0.05, 0.1) is 0 Å². The van der Waals surface area contributed by atoms with Crippen LogP contribution in [0.25, 0.3) is 0 Å². The SMILES string of the molecule is CCC1CCC(C(Cl)C(C)C)CC1. The number of hydrogen-bond acceptors (Lipinski definition) is 0. The Morgan fingerprint density at radius 3 is 2.08 bits per heavy atom. The van der Waals surface area contributed by atoms with Gasteiger partial charge in [0.15, 0.2) is 0 Å². The maximum Gasteiger partial charge on any atom is 0.0387 e. The average molecular weight is 203 g/mol. The van der Waals surface area contributed by atoms with Gasteiger partial charge in [-0.05, 0) is 30.6 Å². The molecule has 1 heteroatoms. The fourth-order valence-corrected chi connectivity index (χ4v) is 2.71. The van der Waals surface area contributed by atoms with Crippen molar-refractivity contribution < 1.29 is 0 Å². The topological polar surface area (TPSA) is 0 Å². The third-order valence-corrected chi connectivity index (χ3v) is 4.42. The zero-order valence-corrected chi connectivity index (χ0v) is 9.98. The van der Waals surface area contributed by atoms with Crippen molar-refractivity contribution in [3.8, 4) is 0 Å². The molecule has 0 N–H and O–H groups in total. The van der Waals surface area contributed by atoms with Crippen LogP contribution in [0.3, 0.4) is 0 Å². The molecule has 0 saturated heterocycles. The Bertz CT molecular complexity index is 134. The standard InChI is InChI=1S/C12H23Cl/c1-4-10-5-7-11(8-6-10)12(13)9(2)3/h9-12H,4-8H2,1-3H3. The minimum atomic E-state index is 0.415. The third-order valence-electron chi connectivity index (χ3n) is 3.56. The summed E-state index contributed by atoms with van der Waals surface area (Å²) in [6.45, 7) is 6.79. The van der Waals surface area contributed by atoms with Crippen molar-refractivity contribution in [2.75, 3.05) is 0 Å². The zero-order chi connectivity index (χ0) is 9.84. The van der Waals surface area contributed by atoms with Crippen molar-refractivity contribution in [1.82, 2.24) is 0 Å². The van der Waals surface area contributed by atoms with Crippen LogP contribution in [0.15, 0.2) is 0 Å². The molecule has 1 saturated carbocycles. The fraction of sp³-hybridized carbons (Fsp3) is 1.00. The van der Waals surface area contributed by atoms with Gasteiger partial charge in [-0.2, -0.15) is 0 Å². The zero-order valence-electron chi connectivity index (χ0n) is 9.22. The number of hydrogen-bond donors (Lipinski definition) is 0. The second-order valence-corrected chi connectivity index (χ2v) is 5.38. The van der Waals surface area contributed by atoms with Gasteiger partial charge in [-0.3, -0.25) is 0 Å². The lowest BCUT2D eigenvalue weighted by Crippen LogP contribution is -2.25. The summed E-state index contributed by atoms with van der Waals surface area (Å²) in [4.78, 5) is 0. The van der Waals surface area contributed by atoms with Gasteiger partial charge in [-0.15, -0.1) is 11.6 Å². The van der Waals surface area contributed by atoms with E-state index in [0.717, 1.165) is 11.8 Å². The lowest BCUT2D eigenvalue weighted by atomic mass is 9.77. The van der Waals surface area contributed by atoms with Crippen LogP contribution >= 0.6 is 11.6 Å². The maximum absolute atomic E-state index is 6.39. The Morgan fingerprint density at radius 2 is 1.69 bits per heavy atom. The monoisotopic (exact) mass is 202 g/mol. The summed E-state index contributed by atoms with van der Waals surface area (Å²) in [5.74, 6) is 2.43. The van der Waals surface area contributed by atoms with Gasteiger partial charge in [-0.1, -0.05) is 40.0 Å². The molecule has 0 heterocycles. The molecule has 0 aromatic heterocycles. The van der Waals surface area contributed by atoms with E-state index in [1.54, 1.807) is 0 Å². The normalized spacial score (nSPS) is 32.1. The van der Waals surface area contributed by atoms with Crippen molar-refractivity contribution >= 4 is 11.6 Å². The van der Waals surface area contributed by atoms with E-state index in [0.29, 0.717) is 11.3 Å². The maximum atomic E-state index is 6.39. The van der Waals surface area contributed by atoms with Crippen molar-refractivity contribution in [2.45, 2.75) is 58.3 Å². The molecule has 0 amide bonds. The molecule has 0 aromatic carbocycles. The Hall–Kier alpha value is 0.290. The van der Waals surface area contributed by atoms with Crippen LogP contribution in [0.4, 0.5) is 0 Å². The molecule has 13 heavy (non-hydrogen) atoms. The molecule has 78 valence electrons. The number of halogens is 1. The van der Waals surface area contributed by atoms with Crippen molar-refractivity contribution in [2.24, 2.45) is 17.8 Å². The van der Waals surface area contributed by atoms with Crippen molar-refractivity contribution in [3.63, 3.8) is 0 Å². The Kier molecular flexibility index (Phi) is 4.58. The molecule has 0 aliphatic heterocycles. The van der Waals surface area contributed by atoms with Gasteiger partial charge in [0.25, 0.3) is 0 Å². The quantitative estimate of drug-likeness (QED) is 0.593.